The summed E-state index contributed by atoms with van der Waals surface area (Å²) < 4.78 is 11.3. The van der Waals surface area contributed by atoms with Crippen LogP contribution in [0.4, 0.5) is 5.69 Å². The lowest BCUT2D eigenvalue weighted by Gasteiger charge is -2.12. The Balaban J connectivity index is 1.85. The Hall–Kier alpha value is -3.75. The Kier molecular flexibility index (Phi) is 7.54. The maximum Gasteiger partial charge on any atom is 0.266 e. The van der Waals surface area contributed by atoms with Crippen molar-refractivity contribution in [2.24, 2.45) is 0 Å². The molecule has 0 spiro atoms. The van der Waals surface area contributed by atoms with Crippen LogP contribution in [-0.4, -0.2) is 13.0 Å². The van der Waals surface area contributed by atoms with Crippen molar-refractivity contribution < 1.29 is 14.3 Å². The number of aryl methyl sites for hydroxylation is 2. The van der Waals surface area contributed by atoms with Gasteiger partial charge in [0.05, 0.1) is 7.11 Å². The minimum Gasteiger partial charge on any atom is -0.497 e. The van der Waals surface area contributed by atoms with E-state index in [1.54, 1.807) is 43.5 Å². The molecular formula is C26H23ClN2O3. The lowest BCUT2D eigenvalue weighted by molar-refractivity contribution is -0.112. The van der Waals surface area contributed by atoms with Crippen molar-refractivity contribution in [3.63, 3.8) is 0 Å². The molecule has 0 radical (unpaired) electrons. The van der Waals surface area contributed by atoms with E-state index in [4.69, 9.17) is 21.1 Å². The minimum absolute atomic E-state index is 0.0629. The highest BCUT2D eigenvalue weighted by Gasteiger charge is 2.13. The molecule has 6 heteroatoms. The predicted octanol–water partition coefficient (Wildman–Crippen LogP) is 6.09. The molecule has 0 aliphatic heterocycles. The Morgan fingerprint density at radius 1 is 1.09 bits per heavy atom. The molecular weight excluding hydrogens is 424 g/mol. The molecule has 3 aromatic rings. The topological polar surface area (TPSA) is 71.3 Å². The molecule has 1 N–H and O–H groups in total. The quantitative estimate of drug-likeness (QED) is 0.352. The molecule has 0 aliphatic carbocycles. The SMILES string of the molecule is COc1ccc(/C=C(\C#N)C(=O)Nc2ccc(C)c(Cl)c2)c(OCc2ccc(C)cc2)c1. The van der Waals surface area contributed by atoms with Gasteiger partial charge in [-0.2, -0.15) is 5.26 Å². The third kappa shape index (κ3) is 5.90. The first-order chi connectivity index (χ1) is 15.4. The van der Waals surface area contributed by atoms with Crippen LogP contribution in [0.25, 0.3) is 6.08 Å². The number of carbonyl (C=O) groups is 1. The van der Waals surface area contributed by atoms with Gasteiger partial charge in [-0.3, -0.25) is 4.79 Å². The van der Waals surface area contributed by atoms with Crippen LogP contribution in [0.3, 0.4) is 0 Å². The van der Waals surface area contributed by atoms with Gasteiger partial charge >= 0.3 is 0 Å². The van der Waals surface area contributed by atoms with Gasteiger partial charge in [0.25, 0.3) is 5.91 Å². The van der Waals surface area contributed by atoms with E-state index in [0.717, 1.165) is 11.1 Å². The van der Waals surface area contributed by atoms with Crippen molar-refractivity contribution in [2.75, 3.05) is 12.4 Å². The first kappa shape index (κ1) is 22.9. The molecule has 0 saturated carbocycles. The highest BCUT2D eigenvalue weighted by molar-refractivity contribution is 6.31. The van der Waals surface area contributed by atoms with E-state index >= 15 is 0 Å². The van der Waals surface area contributed by atoms with Gasteiger partial charge in [0.2, 0.25) is 0 Å². The van der Waals surface area contributed by atoms with Crippen LogP contribution >= 0.6 is 11.6 Å². The van der Waals surface area contributed by atoms with Crippen LogP contribution in [0.1, 0.15) is 22.3 Å². The van der Waals surface area contributed by atoms with Crippen LogP contribution in [-0.2, 0) is 11.4 Å². The van der Waals surface area contributed by atoms with Gasteiger partial charge in [-0.1, -0.05) is 47.5 Å². The predicted molar refractivity (Wildman–Crippen MR) is 127 cm³/mol. The number of hydrogen-bond acceptors (Lipinski definition) is 4. The van der Waals surface area contributed by atoms with Crippen molar-refractivity contribution >= 4 is 29.3 Å². The maximum absolute atomic E-state index is 12.7. The van der Waals surface area contributed by atoms with E-state index < -0.39 is 5.91 Å². The highest BCUT2D eigenvalue weighted by Crippen LogP contribution is 2.28. The van der Waals surface area contributed by atoms with E-state index in [1.165, 1.54) is 11.6 Å². The summed E-state index contributed by atoms with van der Waals surface area (Å²) in [5.74, 6) is 0.579. The van der Waals surface area contributed by atoms with Crippen LogP contribution in [0.15, 0.2) is 66.2 Å². The number of rotatable bonds is 7. The van der Waals surface area contributed by atoms with Crippen LogP contribution in [0, 0.1) is 25.2 Å². The van der Waals surface area contributed by atoms with E-state index in [9.17, 15) is 10.1 Å². The van der Waals surface area contributed by atoms with Gasteiger partial charge in [-0.15, -0.1) is 0 Å². The Morgan fingerprint density at radius 2 is 1.84 bits per heavy atom. The Morgan fingerprint density at radius 3 is 2.50 bits per heavy atom. The fraction of sp³-hybridized carbons (Fsp3) is 0.154. The number of benzene rings is 3. The van der Waals surface area contributed by atoms with Gasteiger partial charge in [-0.25, -0.2) is 0 Å². The van der Waals surface area contributed by atoms with E-state index in [-0.39, 0.29) is 5.57 Å². The summed E-state index contributed by atoms with van der Waals surface area (Å²) in [6.45, 7) is 4.23. The molecule has 0 atom stereocenters. The fourth-order valence-electron chi connectivity index (χ4n) is 2.90. The van der Waals surface area contributed by atoms with Crippen molar-refractivity contribution in [1.82, 2.24) is 0 Å². The number of carbonyl (C=O) groups excluding carboxylic acids is 1. The van der Waals surface area contributed by atoms with Gasteiger partial charge in [0.15, 0.2) is 0 Å². The third-order valence-corrected chi connectivity index (χ3v) is 5.24. The average molecular weight is 447 g/mol. The number of halogens is 1. The number of methoxy groups -OCH3 is 1. The zero-order valence-electron chi connectivity index (χ0n) is 18.1. The van der Waals surface area contributed by atoms with Gasteiger partial charge in [0.1, 0.15) is 29.7 Å². The standard InChI is InChI=1S/C26H23ClN2O3/c1-17-4-7-19(8-5-17)16-32-25-14-23(31-3)11-9-20(25)12-21(15-28)26(30)29-22-10-6-18(2)24(27)13-22/h4-14H,16H2,1-3H3,(H,29,30)/b21-12+. The molecule has 0 aromatic heterocycles. The molecule has 0 heterocycles. The molecule has 32 heavy (non-hydrogen) atoms. The monoisotopic (exact) mass is 446 g/mol. The summed E-state index contributed by atoms with van der Waals surface area (Å²) in [6.07, 6.45) is 1.50. The largest absolute Gasteiger partial charge is 0.497 e. The summed E-state index contributed by atoms with van der Waals surface area (Å²) in [5.41, 5.74) is 4.10. The summed E-state index contributed by atoms with van der Waals surface area (Å²) in [7, 11) is 1.56. The van der Waals surface area contributed by atoms with Crippen molar-refractivity contribution in [2.45, 2.75) is 20.5 Å². The molecule has 0 unspecified atom stereocenters. The molecule has 3 aromatic carbocycles. The van der Waals surface area contributed by atoms with E-state index in [1.807, 2.05) is 44.2 Å². The molecule has 162 valence electrons. The second-order valence-corrected chi connectivity index (χ2v) is 7.67. The summed E-state index contributed by atoms with van der Waals surface area (Å²) in [4.78, 5) is 12.7. The summed E-state index contributed by atoms with van der Waals surface area (Å²) >= 11 is 6.12. The minimum atomic E-state index is -0.535. The number of nitriles is 1. The molecule has 0 aliphatic rings. The lowest BCUT2D eigenvalue weighted by atomic mass is 10.1. The zero-order chi connectivity index (χ0) is 23.1. The highest BCUT2D eigenvalue weighted by atomic mass is 35.5. The van der Waals surface area contributed by atoms with E-state index in [2.05, 4.69) is 5.32 Å². The number of nitrogens with one attached hydrogen (secondary N) is 1. The number of hydrogen-bond donors (Lipinski definition) is 1. The number of ether oxygens (including phenoxy) is 2. The smallest absolute Gasteiger partial charge is 0.266 e. The van der Waals surface area contributed by atoms with Crippen LogP contribution < -0.4 is 14.8 Å². The second-order valence-electron chi connectivity index (χ2n) is 7.27. The first-order valence-electron chi connectivity index (χ1n) is 9.95. The lowest BCUT2D eigenvalue weighted by Crippen LogP contribution is -2.13. The summed E-state index contributed by atoms with van der Waals surface area (Å²) in [5, 5.41) is 12.8. The molecule has 0 fully saturated rings. The zero-order valence-corrected chi connectivity index (χ0v) is 18.9. The molecule has 1 amide bonds. The van der Waals surface area contributed by atoms with Gasteiger partial charge < -0.3 is 14.8 Å². The van der Waals surface area contributed by atoms with Gasteiger partial charge in [0, 0.05) is 22.3 Å². The van der Waals surface area contributed by atoms with Crippen molar-refractivity contribution in [3.8, 4) is 17.6 Å². The molecule has 5 nitrogen and oxygen atoms in total. The third-order valence-electron chi connectivity index (χ3n) is 4.83. The van der Waals surface area contributed by atoms with Crippen molar-refractivity contribution in [3.05, 3.63) is 93.5 Å². The molecule has 0 saturated heterocycles. The number of anilines is 1. The first-order valence-corrected chi connectivity index (χ1v) is 10.3. The van der Waals surface area contributed by atoms with Crippen LogP contribution in [0.5, 0.6) is 11.5 Å². The van der Waals surface area contributed by atoms with E-state index in [0.29, 0.717) is 34.4 Å². The molecule has 0 bridgehead atoms. The maximum atomic E-state index is 12.7. The van der Waals surface area contributed by atoms with Crippen molar-refractivity contribution in [1.29, 1.82) is 5.26 Å². The van der Waals surface area contributed by atoms with Gasteiger partial charge in [-0.05, 0) is 55.3 Å². The number of amides is 1. The Labute approximate surface area is 192 Å². The average Bonchev–Trinajstić information content (AvgIpc) is 2.79. The normalized spacial score (nSPS) is 10.9. The second kappa shape index (κ2) is 10.5. The summed E-state index contributed by atoms with van der Waals surface area (Å²) in [6, 6.07) is 20.4. The number of nitrogens with zero attached hydrogens (tertiary/aromatic N) is 1. The fourth-order valence-corrected chi connectivity index (χ4v) is 3.08. The van der Waals surface area contributed by atoms with Crippen LogP contribution in [0.2, 0.25) is 5.02 Å². The molecule has 3 rings (SSSR count). The Bertz CT molecular complexity index is 1190.